The minimum absolute atomic E-state index is 0.0624. The van der Waals surface area contributed by atoms with Gasteiger partial charge in [-0.25, -0.2) is 4.39 Å². The highest BCUT2D eigenvalue weighted by Gasteiger charge is 2.20. The average molecular weight is 453 g/mol. The van der Waals surface area contributed by atoms with Gasteiger partial charge in [-0.2, -0.15) is 0 Å². The van der Waals surface area contributed by atoms with Crippen LogP contribution < -0.4 is 15.0 Å². The molecule has 0 aliphatic heterocycles. The minimum Gasteiger partial charge on any atom is -0.493 e. The maximum atomic E-state index is 13.7. The van der Waals surface area contributed by atoms with E-state index in [9.17, 15) is 14.0 Å². The maximum Gasteiger partial charge on any atom is 0.254 e. The van der Waals surface area contributed by atoms with E-state index in [1.807, 2.05) is 17.5 Å². The second kappa shape index (κ2) is 9.23. The van der Waals surface area contributed by atoms with Gasteiger partial charge in [0.1, 0.15) is 5.82 Å². The van der Waals surface area contributed by atoms with E-state index in [1.54, 1.807) is 24.3 Å². The van der Waals surface area contributed by atoms with E-state index >= 15 is 0 Å². The molecule has 6 nitrogen and oxygen atoms in total. The molecule has 164 valence electrons. The average Bonchev–Trinajstić information content (AvgIpc) is 3.31. The van der Waals surface area contributed by atoms with Crippen molar-refractivity contribution in [2.24, 2.45) is 0 Å². The number of halogens is 1. The van der Waals surface area contributed by atoms with Crippen molar-refractivity contribution in [3.8, 4) is 11.5 Å². The first-order valence-electron chi connectivity index (χ1n) is 9.83. The Kier molecular flexibility index (Phi) is 6.23. The van der Waals surface area contributed by atoms with Crippen LogP contribution in [-0.4, -0.2) is 30.0 Å². The largest absolute Gasteiger partial charge is 0.493 e. The van der Waals surface area contributed by atoms with Crippen LogP contribution in [0.2, 0.25) is 0 Å². The van der Waals surface area contributed by atoms with Gasteiger partial charge in [-0.05, 0) is 41.8 Å². The minimum atomic E-state index is -0.489. The topological polar surface area (TPSA) is 71.6 Å². The van der Waals surface area contributed by atoms with Crippen molar-refractivity contribution in [2.75, 3.05) is 14.2 Å². The molecule has 0 aliphatic carbocycles. The molecular weight excluding hydrogens is 431 g/mol. The van der Waals surface area contributed by atoms with E-state index < -0.39 is 5.82 Å². The number of carbonyl (C=O) groups is 1. The van der Waals surface area contributed by atoms with Crippen LogP contribution in [0.1, 0.15) is 20.8 Å². The van der Waals surface area contributed by atoms with Crippen molar-refractivity contribution in [1.82, 2.24) is 9.88 Å². The number of aromatic amines is 1. The molecule has 0 bridgehead atoms. The molecule has 0 atom stereocenters. The van der Waals surface area contributed by atoms with Crippen LogP contribution in [0.25, 0.3) is 10.9 Å². The highest BCUT2D eigenvalue weighted by atomic mass is 32.1. The van der Waals surface area contributed by atoms with Gasteiger partial charge in [0.25, 0.3) is 11.5 Å². The molecule has 0 spiro atoms. The lowest BCUT2D eigenvalue weighted by atomic mass is 10.1. The summed E-state index contributed by atoms with van der Waals surface area (Å²) in [5.41, 5.74) is 0.918. The second-order valence-corrected chi connectivity index (χ2v) is 8.20. The van der Waals surface area contributed by atoms with Gasteiger partial charge in [-0.15, -0.1) is 11.3 Å². The van der Waals surface area contributed by atoms with E-state index in [1.165, 1.54) is 48.7 Å². The number of benzene rings is 2. The summed E-state index contributed by atoms with van der Waals surface area (Å²) in [5, 5.41) is 2.66. The van der Waals surface area contributed by atoms with Crippen LogP contribution in [0.3, 0.4) is 0 Å². The molecule has 32 heavy (non-hydrogen) atoms. The summed E-state index contributed by atoms with van der Waals surface area (Å²) < 4.78 is 24.4. The fraction of sp³-hybridized carbons (Fsp3) is 0.167. The lowest BCUT2D eigenvalue weighted by Crippen LogP contribution is -2.32. The van der Waals surface area contributed by atoms with Crippen molar-refractivity contribution in [3.63, 3.8) is 0 Å². The smallest absolute Gasteiger partial charge is 0.254 e. The third kappa shape index (κ3) is 4.50. The summed E-state index contributed by atoms with van der Waals surface area (Å²) in [4.78, 5) is 31.4. The lowest BCUT2D eigenvalue weighted by molar-refractivity contribution is 0.0730. The fourth-order valence-corrected chi connectivity index (χ4v) is 4.21. The molecule has 2 aromatic carbocycles. The van der Waals surface area contributed by atoms with E-state index in [0.29, 0.717) is 29.1 Å². The van der Waals surface area contributed by atoms with Crippen molar-refractivity contribution >= 4 is 28.1 Å². The Labute approximate surface area is 187 Å². The number of pyridine rings is 1. The van der Waals surface area contributed by atoms with Gasteiger partial charge in [0.05, 0.1) is 32.8 Å². The number of ether oxygens (including phenoxy) is 2. The Morgan fingerprint density at radius 1 is 1.03 bits per heavy atom. The zero-order valence-corrected chi connectivity index (χ0v) is 18.4. The van der Waals surface area contributed by atoms with E-state index in [-0.39, 0.29) is 23.6 Å². The number of carbonyl (C=O) groups excluding carboxylic acids is 1. The van der Waals surface area contributed by atoms with E-state index in [2.05, 4.69) is 4.98 Å². The molecule has 1 N–H and O–H groups in total. The molecule has 2 heterocycles. The molecule has 0 fully saturated rings. The number of amides is 1. The molecule has 4 rings (SSSR count). The lowest BCUT2D eigenvalue weighted by Gasteiger charge is -2.22. The Morgan fingerprint density at radius 3 is 2.50 bits per heavy atom. The number of aromatic nitrogens is 1. The van der Waals surface area contributed by atoms with Gasteiger partial charge >= 0.3 is 0 Å². The number of hydrogen-bond donors (Lipinski definition) is 1. The third-order valence-electron chi connectivity index (χ3n) is 5.07. The van der Waals surface area contributed by atoms with Crippen LogP contribution in [0, 0.1) is 5.82 Å². The number of thiophene rings is 1. The normalized spacial score (nSPS) is 10.8. The highest BCUT2D eigenvalue weighted by Crippen LogP contribution is 2.31. The highest BCUT2D eigenvalue weighted by molar-refractivity contribution is 7.09. The Hall–Kier alpha value is -3.65. The summed E-state index contributed by atoms with van der Waals surface area (Å²) in [7, 11) is 3.06. The summed E-state index contributed by atoms with van der Waals surface area (Å²) >= 11 is 1.51. The van der Waals surface area contributed by atoms with Crippen molar-refractivity contribution in [2.45, 2.75) is 13.1 Å². The summed E-state index contributed by atoms with van der Waals surface area (Å²) in [6.45, 7) is 0.364. The first-order valence-corrected chi connectivity index (χ1v) is 10.7. The first-order chi connectivity index (χ1) is 15.5. The van der Waals surface area contributed by atoms with Crippen LogP contribution in [0.5, 0.6) is 11.5 Å². The standard InChI is InChI=1S/C24H21FN2O4S/c1-30-21-11-16-9-17(23(28)26-20(16)12-22(21)31-2)13-27(14-19-7-4-8-32-19)24(29)15-5-3-6-18(25)10-15/h3-12H,13-14H2,1-2H3,(H,26,28). The molecule has 1 amide bonds. The van der Waals surface area contributed by atoms with Crippen LogP contribution in [-0.2, 0) is 13.1 Å². The predicted octanol–water partition coefficient (Wildman–Crippen LogP) is 4.59. The molecule has 0 aliphatic rings. The summed E-state index contributed by atoms with van der Waals surface area (Å²) in [6, 6.07) is 14.6. The van der Waals surface area contributed by atoms with Crippen molar-refractivity contribution in [3.05, 3.63) is 92.2 Å². The first kappa shape index (κ1) is 21.6. The van der Waals surface area contributed by atoms with Gasteiger partial charge in [-0.1, -0.05) is 12.1 Å². The van der Waals surface area contributed by atoms with E-state index in [4.69, 9.17) is 9.47 Å². The van der Waals surface area contributed by atoms with Gasteiger partial charge in [0.15, 0.2) is 11.5 Å². The third-order valence-corrected chi connectivity index (χ3v) is 5.93. The monoisotopic (exact) mass is 452 g/mol. The van der Waals surface area contributed by atoms with Crippen LogP contribution in [0.15, 0.2) is 64.8 Å². The Balaban J connectivity index is 1.73. The summed E-state index contributed by atoms with van der Waals surface area (Å²) in [6.07, 6.45) is 0. The molecular formula is C24H21FN2O4S. The van der Waals surface area contributed by atoms with Gasteiger partial charge in [0.2, 0.25) is 0 Å². The van der Waals surface area contributed by atoms with Gasteiger partial charge < -0.3 is 19.4 Å². The van der Waals surface area contributed by atoms with Gasteiger partial charge in [-0.3, -0.25) is 9.59 Å². The number of hydrogen-bond acceptors (Lipinski definition) is 5. The van der Waals surface area contributed by atoms with Crippen molar-refractivity contribution in [1.29, 1.82) is 0 Å². The van der Waals surface area contributed by atoms with Crippen LogP contribution >= 0.6 is 11.3 Å². The quantitative estimate of drug-likeness (QED) is 0.445. The Morgan fingerprint density at radius 2 is 1.81 bits per heavy atom. The number of H-pyrrole nitrogens is 1. The molecule has 8 heteroatoms. The number of nitrogens with zero attached hydrogens (tertiary/aromatic N) is 1. The SMILES string of the molecule is COc1cc2cc(CN(Cc3cccs3)C(=O)c3cccc(F)c3)c(=O)[nH]c2cc1OC. The molecule has 0 saturated heterocycles. The molecule has 4 aromatic rings. The molecule has 0 unspecified atom stereocenters. The van der Waals surface area contributed by atoms with E-state index in [0.717, 1.165) is 10.3 Å². The van der Waals surface area contributed by atoms with Crippen molar-refractivity contribution < 1.29 is 18.7 Å². The maximum absolute atomic E-state index is 13.7. The molecule has 0 radical (unpaired) electrons. The zero-order chi connectivity index (χ0) is 22.7. The van der Waals surface area contributed by atoms with Gasteiger partial charge in [0, 0.05) is 27.5 Å². The van der Waals surface area contributed by atoms with Crippen LogP contribution in [0.4, 0.5) is 4.39 Å². The molecule has 2 aromatic heterocycles. The number of fused-ring (bicyclic) bond motifs is 1. The zero-order valence-electron chi connectivity index (χ0n) is 17.6. The number of methoxy groups -OCH3 is 2. The number of rotatable bonds is 7. The number of nitrogens with one attached hydrogen (secondary N) is 1. The predicted molar refractivity (Wildman–Crippen MR) is 122 cm³/mol. The fourth-order valence-electron chi connectivity index (χ4n) is 3.50. The molecule has 0 saturated carbocycles. The summed E-state index contributed by atoms with van der Waals surface area (Å²) in [5.74, 6) is 0.189. The second-order valence-electron chi connectivity index (χ2n) is 7.17. The Bertz CT molecular complexity index is 1320.